The van der Waals surface area contributed by atoms with Crippen molar-refractivity contribution in [3.63, 3.8) is 0 Å². The molecule has 0 aromatic heterocycles. The van der Waals surface area contributed by atoms with Gasteiger partial charge >= 0.3 is 0 Å². The zero-order chi connectivity index (χ0) is 19.2. The fourth-order valence-corrected chi connectivity index (χ4v) is 2.80. The Labute approximate surface area is 158 Å². The molecular weight excluding hydrogens is 342 g/mol. The number of anilines is 1. The molecule has 0 heterocycles. The van der Waals surface area contributed by atoms with E-state index in [0.29, 0.717) is 28.5 Å². The standard InChI is InChI=1S/C22H21NO4/c1-25-19-13-18(14-20(26-2)21(19)27-3)23-22(24)17-11-9-16(10-12-17)15-7-5-4-6-8-15/h4-14H,1-3H3,(H,23,24). The molecule has 0 bridgehead atoms. The Morgan fingerprint density at radius 2 is 1.30 bits per heavy atom. The van der Waals surface area contributed by atoms with Crippen molar-refractivity contribution in [2.24, 2.45) is 0 Å². The highest BCUT2D eigenvalue weighted by molar-refractivity contribution is 6.04. The Bertz CT molecular complexity index is 896. The van der Waals surface area contributed by atoms with Crippen LogP contribution in [0.3, 0.4) is 0 Å². The number of carbonyl (C=O) groups excluding carboxylic acids is 1. The van der Waals surface area contributed by atoms with E-state index in [-0.39, 0.29) is 5.91 Å². The van der Waals surface area contributed by atoms with Gasteiger partial charge < -0.3 is 19.5 Å². The lowest BCUT2D eigenvalue weighted by Crippen LogP contribution is -2.12. The van der Waals surface area contributed by atoms with Gasteiger partial charge in [-0.05, 0) is 23.3 Å². The zero-order valence-electron chi connectivity index (χ0n) is 15.5. The maximum Gasteiger partial charge on any atom is 0.255 e. The average molecular weight is 363 g/mol. The number of nitrogens with one attached hydrogen (secondary N) is 1. The second-order valence-corrected chi connectivity index (χ2v) is 5.81. The van der Waals surface area contributed by atoms with Crippen LogP contribution >= 0.6 is 0 Å². The molecule has 3 aromatic carbocycles. The van der Waals surface area contributed by atoms with Gasteiger partial charge in [-0.3, -0.25) is 4.79 Å². The molecule has 27 heavy (non-hydrogen) atoms. The van der Waals surface area contributed by atoms with Gasteiger partial charge in [0, 0.05) is 23.4 Å². The minimum absolute atomic E-state index is 0.219. The largest absolute Gasteiger partial charge is 0.493 e. The first-order chi connectivity index (χ1) is 13.2. The van der Waals surface area contributed by atoms with Crippen molar-refractivity contribution < 1.29 is 19.0 Å². The lowest BCUT2D eigenvalue weighted by molar-refractivity contribution is 0.102. The third-order valence-electron chi connectivity index (χ3n) is 4.18. The van der Waals surface area contributed by atoms with Gasteiger partial charge in [-0.15, -0.1) is 0 Å². The lowest BCUT2D eigenvalue weighted by Gasteiger charge is -2.14. The van der Waals surface area contributed by atoms with Crippen LogP contribution in [0.2, 0.25) is 0 Å². The van der Waals surface area contributed by atoms with Gasteiger partial charge in [0.05, 0.1) is 21.3 Å². The Kier molecular flexibility index (Phi) is 5.61. The van der Waals surface area contributed by atoms with Crippen LogP contribution < -0.4 is 19.5 Å². The molecule has 5 heteroatoms. The smallest absolute Gasteiger partial charge is 0.255 e. The van der Waals surface area contributed by atoms with E-state index in [0.717, 1.165) is 11.1 Å². The van der Waals surface area contributed by atoms with Crippen LogP contribution in [-0.2, 0) is 0 Å². The van der Waals surface area contributed by atoms with Crippen LogP contribution in [-0.4, -0.2) is 27.2 Å². The summed E-state index contributed by atoms with van der Waals surface area (Å²) in [6, 6.07) is 20.9. The molecule has 0 fully saturated rings. The van der Waals surface area contributed by atoms with E-state index >= 15 is 0 Å². The van der Waals surface area contributed by atoms with Crippen LogP contribution in [0, 0.1) is 0 Å². The monoisotopic (exact) mass is 363 g/mol. The normalized spacial score (nSPS) is 10.2. The van der Waals surface area contributed by atoms with Crippen LogP contribution in [0.15, 0.2) is 66.7 Å². The molecule has 0 aliphatic carbocycles. The van der Waals surface area contributed by atoms with Crippen molar-refractivity contribution in [2.45, 2.75) is 0 Å². The molecule has 0 unspecified atom stereocenters. The predicted octanol–water partition coefficient (Wildman–Crippen LogP) is 4.63. The molecule has 0 radical (unpaired) electrons. The van der Waals surface area contributed by atoms with E-state index in [1.807, 2.05) is 42.5 Å². The molecule has 0 spiro atoms. The summed E-state index contributed by atoms with van der Waals surface area (Å²) in [6.07, 6.45) is 0. The lowest BCUT2D eigenvalue weighted by atomic mass is 10.0. The summed E-state index contributed by atoms with van der Waals surface area (Å²) in [7, 11) is 4.60. The van der Waals surface area contributed by atoms with E-state index < -0.39 is 0 Å². The number of methoxy groups -OCH3 is 3. The van der Waals surface area contributed by atoms with Gasteiger partial charge in [0.1, 0.15) is 0 Å². The van der Waals surface area contributed by atoms with Crippen molar-refractivity contribution in [1.82, 2.24) is 0 Å². The maximum absolute atomic E-state index is 12.6. The quantitative estimate of drug-likeness (QED) is 0.694. The molecule has 0 saturated carbocycles. The second-order valence-electron chi connectivity index (χ2n) is 5.81. The molecule has 5 nitrogen and oxygen atoms in total. The van der Waals surface area contributed by atoms with Crippen molar-refractivity contribution in [2.75, 3.05) is 26.6 Å². The van der Waals surface area contributed by atoms with E-state index in [9.17, 15) is 4.79 Å². The number of ether oxygens (including phenoxy) is 3. The number of benzene rings is 3. The molecule has 1 N–H and O–H groups in total. The zero-order valence-corrected chi connectivity index (χ0v) is 15.5. The topological polar surface area (TPSA) is 56.8 Å². The van der Waals surface area contributed by atoms with E-state index in [4.69, 9.17) is 14.2 Å². The predicted molar refractivity (Wildman–Crippen MR) is 106 cm³/mol. The van der Waals surface area contributed by atoms with Gasteiger partial charge in [-0.25, -0.2) is 0 Å². The molecule has 0 aliphatic rings. The Balaban J connectivity index is 1.81. The molecule has 3 aromatic rings. The third kappa shape index (κ3) is 4.03. The second kappa shape index (κ2) is 8.27. The fourth-order valence-electron chi connectivity index (χ4n) is 2.80. The SMILES string of the molecule is COc1cc(NC(=O)c2ccc(-c3ccccc3)cc2)cc(OC)c1OC. The first kappa shape index (κ1) is 18.3. The number of carbonyl (C=O) groups is 1. The van der Waals surface area contributed by atoms with Gasteiger partial charge in [0.25, 0.3) is 5.91 Å². The third-order valence-corrected chi connectivity index (χ3v) is 4.18. The highest BCUT2D eigenvalue weighted by Gasteiger charge is 2.15. The number of rotatable bonds is 6. The minimum Gasteiger partial charge on any atom is -0.493 e. The highest BCUT2D eigenvalue weighted by atomic mass is 16.5. The number of amides is 1. The summed E-state index contributed by atoms with van der Waals surface area (Å²) >= 11 is 0. The molecule has 0 aliphatic heterocycles. The fraction of sp³-hybridized carbons (Fsp3) is 0.136. The van der Waals surface area contributed by atoms with Gasteiger partial charge in [-0.2, -0.15) is 0 Å². The van der Waals surface area contributed by atoms with Gasteiger partial charge in [-0.1, -0.05) is 42.5 Å². The van der Waals surface area contributed by atoms with Crippen molar-refractivity contribution in [1.29, 1.82) is 0 Å². The van der Waals surface area contributed by atoms with Crippen molar-refractivity contribution in [3.05, 3.63) is 72.3 Å². The van der Waals surface area contributed by atoms with Crippen LogP contribution in [0.1, 0.15) is 10.4 Å². The number of hydrogen-bond acceptors (Lipinski definition) is 4. The van der Waals surface area contributed by atoms with Gasteiger partial charge in [0.15, 0.2) is 11.5 Å². The first-order valence-electron chi connectivity index (χ1n) is 8.43. The van der Waals surface area contributed by atoms with E-state index in [1.165, 1.54) is 21.3 Å². The van der Waals surface area contributed by atoms with Crippen LogP contribution in [0.25, 0.3) is 11.1 Å². The summed E-state index contributed by atoms with van der Waals surface area (Å²) in [4.78, 5) is 12.6. The molecular formula is C22H21NO4. The van der Waals surface area contributed by atoms with Crippen molar-refractivity contribution in [3.8, 4) is 28.4 Å². The maximum atomic E-state index is 12.6. The van der Waals surface area contributed by atoms with E-state index in [2.05, 4.69) is 5.32 Å². The van der Waals surface area contributed by atoms with Crippen LogP contribution in [0.4, 0.5) is 5.69 Å². The minimum atomic E-state index is -0.219. The summed E-state index contributed by atoms with van der Waals surface area (Å²) < 4.78 is 15.9. The summed E-state index contributed by atoms with van der Waals surface area (Å²) in [5.74, 6) is 1.22. The molecule has 3 rings (SSSR count). The molecule has 0 saturated heterocycles. The summed E-state index contributed by atoms with van der Waals surface area (Å²) in [5, 5.41) is 2.86. The molecule has 1 amide bonds. The molecule has 138 valence electrons. The van der Waals surface area contributed by atoms with Crippen LogP contribution in [0.5, 0.6) is 17.2 Å². The Morgan fingerprint density at radius 1 is 0.741 bits per heavy atom. The Morgan fingerprint density at radius 3 is 1.81 bits per heavy atom. The average Bonchev–Trinajstić information content (AvgIpc) is 2.73. The number of hydrogen-bond donors (Lipinski definition) is 1. The Hall–Kier alpha value is -3.47. The van der Waals surface area contributed by atoms with Crippen molar-refractivity contribution >= 4 is 11.6 Å². The summed E-state index contributed by atoms with van der Waals surface area (Å²) in [5.41, 5.74) is 3.28. The van der Waals surface area contributed by atoms with E-state index in [1.54, 1.807) is 24.3 Å². The molecule has 0 atom stereocenters. The summed E-state index contributed by atoms with van der Waals surface area (Å²) in [6.45, 7) is 0. The van der Waals surface area contributed by atoms with Gasteiger partial charge in [0.2, 0.25) is 5.75 Å². The first-order valence-corrected chi connectivity index (χ1v) is 8.43. The highest BCUT2D eigenvalue weighted by Crippen LogP contribution is 2.40.